The van der Waals surface area contributed by atoms with Crippen molar-refractivity contribution in [1.29, 1.82) is 0 Å². The van der Waals surface area contributed by atoms with Crippen molar-refractivity contribution in [3.63, 3.8) is 0 Å². The zero-order chi connectivity index (χ0) is 17.3. The molecule has 0 saturated carbocycles. The van der Waals surface area contributed by atoms with E-state index < -0.39 is 17.6 Å². The molecule has 1 aromatic rings. The fourth-order valence-electron chi connectivity index (χ4n) is 2.38. The summed E-state index contributed by atoms with van der Waals surface area (Å²) in [4.78, 5) is 26.5. The van der Waals surface area contributed by atoms with E-state index >= 15 is 0 Å². The maximum atomic E-state index is 12.7. The number of amides is 2. The minimum absolute atomic E-state index is 0.102. The molecule has 0 spiro atoms. The first kappa shape index (κ1) is 16.6. The van der Waals surface area contributed by atoms with Crippen molar-refractivity contribution in [2.24, 2.45) is 0 Å². The minimum atomic E-state index is -4.47. The van der Waals surface area contributed by atoms with Crippen molar-refractivity contribution in [1.82, 2.24) is 4.90 Å². The molecule has 24 heavy (non-hydrogen) atoms. The normalized spacial score (nSPS) is 19.2. The summed E-state index contributed by atoms with van der Waals surface area (Å²) in [5.74, 6) is -0.861. The monoisotopic (exact) mass is 354 g/mol. The van der Waals surface area contributed by atoms with Gasteiger partial charge in [-0.05, 0) is 24.6 Å². The van der Waals surface area contributed by atoms with Gasteiger partial charge in [-0.3, -0.25) is 9.59 Å². The number of carbonyl (C=O) groups is 2. The number of rotatable bonds is 1. The van der Waals surface area contributed by atoms with Gasteiger partial charge in [-0.15, -0.1) is 0 Å². The number of nitrogens with one attached hydrogen (secondary N) is 1. The smallest absolute Gasteiger partial charge is 0.335 e. The Labute approximate surface area is 140 Å². The van der Waals surface area contributed by atoms with Gasteiger partial charge in [0.1, 0.15) is 0 Å². The van der Waals surface area contributed by atoms with Gasteiger partial charge < -0.3 is 10.2 Å². The molecule has 8 heteroatoms. The summed E-state index contributed by atoms with van der Waals surface area (Å²) in [5.41, 5.74) is -0.726. The minimum Gasteiger partial charge on any atom is -0.335 e. The van der Waals surface area contributed by atoms with Gasteiger partial charge in [-0.25, -0.2) is 0 Å². The number of halogens is 3. The number of thioether (sulfide) groups is 1. The molecule has 3 rings (SSSR count). The molecule has 1 N–H and O–H groups in total. The average Bonchev–Trinajstić information content (AvgIpc) is 2.55. The zero-order valence-electron chi connectivity index (χ0n) is 12.4. The summed E-state index contributed by atoms with van der Waals surface area (Å²) in [6.07, 6.45) is 1.38. The van der Waals surface area contributed by atoms with Crippen molar-refractivity contribution in [2.75, 3.05) is 18.4 Å². The Kier molecular flexibility index (Phi) is 4.40. The lowest BCUT2D eigenvalue weighted by Crippen LogP contribution is -2.33. The van der Waals surface area contributed by atoms with Crippen LogP contribution in [0, 0.1) is 0 Å². The molecular formula is C16H13F3N2O2S. The van der Waals surface area contributed by atoms with Crippen LogP contribution in [0.2, 0.25) is 0 Å². The molecule has 0 aliphatic carbocycles. The van der Waals surface area contributed by atoms with Gasteiger partial charge in [-0.2, -0.15) is 13.2 Å². The van der Waals surface area contributed by atoms with Crippen LogP contribution < -0.4 is 5.32 Å². The van der Waals surface area contributed by atoms with E-state index in [1.807, 2.05) is 12.2 Å². The third-order valence-electron chi connectivity index (χ3n) is 3.62. The maximum absolute atomic E-state index is 12.7. The molecule has 2 aliphatic rings. The highest BCUT2D eigenvalue weighted by atomic mass is 32.2. The van der Waals surface area contributed by atoms with E-state index in [-0.39, 0.29) is 16.5 Å². The van der Waals surface area contributed by atoms with E-state index in [1.165, 1.54) is 12.1 Å². The van der Waals surface area contributed by atoms with E-state index in [4.69, 9.17) is 0 Å². The molecule has 0 unspecified atom stereocenters. The Bertz CT molecular complexity index is 756. The fraction of sp³-hybridized carbons (Fsp3) is 0.250. The highest BCUT2D eigenvalue weighted by Crippen LogP contribution is 2.41. The van der Waals surface area contributed by atoms with Crippen LogP contribution in [0.4, 0.5) is 18.9 Å². The SMILES string of the molecule is O=C1Nc2cc(C(F)(F)F)ccc2S/C1=C\C(=O)N1CC=CCC1. The second-order valence-corrected chi connectivity index (χ2v) is 6.40. The summed E-state index contributed by atoms with van der Waals surface area (Å²) in [7, 11) is 0. The van der Waals surface area contributed by atoms with Gasteiger partial charge >= 0.3 is 6.18 Å². The predicted octanol–water partition coefficient (Wildman–Crippen LogP) is 3.42. The first-order valence-corrected chi connectivity index (χ1v) is 8.02. The number of fused-ring (bicyclic) bond motifs is 1. The lowest BCUT2D eigenvalue weighted by atomic mass is 10.2. The first-order valence-electron chi connectivity index (χ1n) is 7.20. The quantitative estimate of drug-likeness (QED) is 0.621. The molecule has 2 heterocycles. The lowest BCUT2D eigenvalue weighted by molar-refractivity contribution is -0.137. The van der Waals surface area contributed by atoms with Crippen molar-refractivity contribution >= 4 is 29.3 Å². The highest BCUT2D eigenvalue weighted by Gasteiger charge is 2.32. The van der Waals surface area contributed by atoms with Crippen molar-refractivity contribution in [3.8, 4) is 0 Å². The number of hydrogen-bond donors (Lipinski definition) is 1. The van der Waals surface area contributed by atoms with E-state index in [2.05, 4.69) is 5.32 Å². The van der Waals surface area contributed by atoms with E-state index in [1.54, 1.807) is 4.90 Å². The van der Waals surface area contributed by atoms with Crippen LogP contribution >= 0.6 is 11.8 Å². The molecule has 0 aromatic heterocycles. The van der Waals surface area contributed by atoms with Crippen LogP contribution in [0.15, 0.2) is 46.2 Å². The van der Waals surface area contributed by atoms with Gasteiger partial charge in [0.05, 0.1) is 16.2 Å². The van der Waals surface area contributed by atoms with Crippen molar-refractivity contribution in [2.45, 2.75) is 17.5 Å². The molecule has 0 bridgehead atoms. The van der Waals surface area contributed by atoms with Crippen molar-refractivity contribution < 1.29 is 22.8 Å². The summed E-state index contributed by atoms with van der Waals surface area (Å²) in [5, 5.41) is 2.42. The summed E-state index contributed by atoms with van der Waals surface area (Å²) in [6, 6.07) is 3.15. The Morgan fingerprint density at radius 1 is 1.29 bits per heavy atom. The Morgan fingerprint density at radius 3 is 2.75 bits per heavy atom. The molecule has 1 aromatic carbocycles. The largest absolute Gasteiger partial charge is 0.416 e. The summed E-state index contributed by atoms with van der Waals surface area (Å²) >= 11 is 0.993. The van der Waals surface area contributed by atoms with Gasteiger partial charge in [0, 0.05) is 24.1 Å². The van der Waals surface area contributed by atoms with Crippen LogP contribution in [-0.2, 0) is 15.8 Å². The molecular weight excluding hydrogens is 341 g/mol. The Morgan fingerprint density at radius 2 is 2.08 bits per heavy atom. The van der Waals surface area contributed by atoms with Crippen LogP contribution in [-0.4, -0.2) is 29.8 Å². The fourth-order valence-corrected chi connectivity index (χ4v) is 3.28. The number of nitrogens with zero attached hydrogens (tertiary/aromatic N) is 1. The second kappa shape index (κ2) is 6.35. The number of carbonyl (C=O) groups excluding carboxylic acids is 2. The first-order chi connectivity index (χ1) is 11.3. The van der Waals surface area contributed by atoms with Crippen LogP contribution in [0.5, 0.6) is 0 Å². The van der Waals surface area contributed by atoms with Crippen molar-refractivity contribution in [3.05, 3.63) is 46.9 Å². The topological polar surface area (TPSA) is 49.4 Å². The van der Waals surface area contributed by atoms with Crippen LogP contribution in [0.3, 0.4) is 0 Å². The molecule has 4 nitrogen and oxygen atoms in total. The third-order valence-corrected chi connectivity index (χ3v) is 4.72. The third kappa shape index (κ3) is 3.48. The Hall–Kier alpha value is -2.22. The molecule has 0 atom stereocenters. The predicted molar refractivity (Wildman–Crippen MR) is 84.4 cm³/mol. The molecule has 0 radical (unpaired) electrons. The number of alkyl halides is 3. The second-order valence-electron chi connectivity index (χ2n) is 5.32. The van der Waals surface area contributed by atoms with Crippen LogP contribution in [0.25, 0.3) is 0 Å². The van der Waals surface area contributed by atoms with E-state index in [9.17, 15) is 22.8 Å². The average molecular weight is 354 g/mol. The number of anilines is 1. The van der Waals surface area contributed by atoms with E-state index in [0.29, 0.717) is 18.0 Å². The molecule has 0 fully saturated rings. The standard InChI is InChI=1S/C16H13F3N2O2S/c17-16(18,19)10-4-5-12-11(8-10)20-15(23)13(24-12)9-14(22)21-6-2-1-3-7-21/h1-2,4-5,8-9H,3,6-7H2,(H,20,23)/b13-9-. The molecule has 2 amide bonds. The Balaban J connectivity index is 1.82. The summed E-state index contributed by atoms with van der Waals surface area (Å²) in [6.45, 7) is 1.07. The molecule has 0 saturated heterocycles. The molecule has 2 aliphatic heterocycles. The van der Waals surface area contributed by atoms with Gasteiger partial charge in [0.15, 0.2) is 0 Å². The van der Waals surface area contributed by atoms with Gasteiger partial charge in [0.2, 0.25) is 5.91 Å². The maximum Gasteiger partial charge on any atom is 0.416 e. The summed E-state index contributed by atoms with van der Waals surface area (Å²) < 4.78 is 38.2. The van der Waals surface area contributed by atoms with Gasteiger partial charge in [0.25, 0.3) is 5.91 Å². The van der Waals surface area contributed by atoms with Gasteiger partial charge in [-0.1, -0.05) is 23.9 Å². The highest BCUT2D eigenvalue weighted by molar-refractivity contribution is 8.04. The molecule has 126 valence electrons. The number of hydrogen-bond acceptors (Lipinski definition) is 3. The van der Waals surface area contributed by atoms with Crippen LogP contribution in [0.1, 0.15) is 12.0 Å². The van der Waals surface area contributed by atoms with E-state index in [0.717, 1.165) is 30.3 Å². The zero-order valence-corrected chi connectivity index (χ0v) is 13.2. The lowest BCUT2D eigenvalue weighted by Gasteiger charge is -2.23. The number of benzene rings is 1.